The lowest BCUT2D eigenvalue weighted by Crippen LogP contribution is -2.74. The van der Waals surface area contributed by atoms with Gasteiger partial charge in [0.2, 0.25) is 0 Å². The van der Waals surface area contributed by atoms with Crippen LogP contribution in [0.1, 0.15) is 0 Å². The predicted octanol–water partition coefficient (Wildman–Crippen LogP) is 9.89. The molecule has 0 radical (unpaired) electrons. The molecule has 10 aliphatic heterocycles. The number of anilines is 18. The lowest BCUT2D eigenvalue weighted by atomic mass is 9.24. The fraction of sp³-hybridized carbons (Fsp3) is 0. The van der Waals surface area contributed by atoms with E-state index >= 15 is 0 Å². The molecular weight excluding hydrogens is 1150 g/mol. The van der Waals surface area contributed by atoms with Crippen molar-refractivity contribution in [2.45, 2.75) is 0 Å². The molecule has 0 N–H and O–H groups in total. The first kappa shape index (κ1) is 49.8. The van der Waals surface area contributed by atoms with E-state index in [-0.39, 0.29) is 33.6 Å². The summed E-state index contributed by atoms with van der Waals surface area (Å²) in [6.07, 6.45) is 0. The van der Waals surface area contributed by atoms with E-state index < -0.39 is 0 Å². The van der Waals surface area contributed by atoms with E-state index in [1.165, 1.54) is 184 Å². The molecule has 0 atom stereocenters. The average molecular weight is 1200 g/mol. The molecule has 0 saturated carbocycles. The monoisotopic (exact) mass is 1200 g/mol. The molecule has 0 unspecified atom stereocenters. The number of nitrogens with zero attached hydrogens (tertiary/aromatic N) is 6. The molecule has 6 nitrogen and oxygen atoms in total. The smallest absolute Gasteiger partial charge is 0.252 e. The highest BCUT2D eigenvalue weighted by Gasteiger charge is 2.58. The minimum atomic E-state index is -0.0211. The van der Waals surface area contributed by atoms with Crippen molar-refractivity contribution in [3.63, 3.8) is 0 Å². The van der Waals surface area contributed by atoms with Crippen LogP contribution in [0.4, 0.5) is 102 Å². The molecule has 24 rings (SSSR count). The van der Waals surface area contributed by atoms with E-state index in [1.54, 1.807) is 0 Å². The lowest BCUT2D eigenvalue weighted by Gasteiger charge is -2.55. The Morgan fingerprint density at radius 3 is 0.916 bits per heavy atom. The molecule has 0 fully saturated rings. The van der Waals surface area contributed by atoms with Gasteiger partial charge in [-0.05, 0) is 190 Å². The third-order valence-electron chi connectivity index (χ3n) is 23.1. The summed E-state index contributed by atoms with van der Waals surface area (Å²) in [4.78, 5) is 15.8. The Bertz CT molecular complexity index is 5800. The largest absolute Gasteiger partial charge is 0.312 e. The van der Waals surface area contributed by atoms with Crippen LogP contribution in [0.2, 0.25) is 0 Å². The van der Waals surface area contributed by atoms with E-state index in [9.17, 15) is 0 Å². The molecule has 95 heavy (non-hydrogen) atoms. The summed E-state index contributed by atoms with van der Waals surface area (Å²) >= 11 is 0. The number of fused-ring (bicyclic) bond motifs is 27. The Labute approximate surface area is 552 Å². The van der Waals surface area contributed by atoms with Crippen LogP contribution in [0.25, 0.3) is 11.1 Å². The number of rotatable bonds is 3. The molecule has 430 valence electrons. The maximum atomic E-state index is 2.72. The van der Waals surface area contributed by atoms with Gasteiger partial charge in [-0.25, -0.2) is 0 Å². The second-order valence-corrected chi connectivity index (χ2v) is 27.2. The van der Waals surface area contributed by atoms with E-state index in [0.29, 0.717) is 0 Å². The first-order chi connectivity index (χ1) is 47.2. The van der Waals surface area contributed by atoms with Crippen molar-refractivity contribution in [3.05, 3.63) is 297 Å². The number of hydrogen-bond donors (Lipinski definition) is 0. The van der Waals surface area contributed by atoms with Crippen molar-refractivity contribution >= 4 is 218 Å². The van der Waals surface area contributed by atoms with Gasteiger partial charge in [-0.2, -0.15) is 0 Å². The molecule has 0 aliphatic carbocycles. The highest BCUT2D eigenvalue weighted by atomic mass is 15.2. The maximum absolute atomic E-state index is 2.72. The molecule has 11 heteroatoms. The van der Waals surface area contributed by atoms with Crippen LogP contribution in [0, 0.1) is 0 Å². The first-order valence-corrected chi connectivity index (χ1v) is 33.6. The molecule has 10 aliphatic rings. The van der Waals surface area contributed by atoms with Crippen LogP contribution >= 0.6 is 0 Å². The van der Waals surface area contributed by atoms with Gasteiger partial charge in [-0.15, -0.1) is 0 Å². The summed E-state index contributed by atoms with van der Waals surface area (Å²) < 4.78 is 0. The van der Waals surface area contributed by atoms with Crippen LogP contribution < -0.4 is 111 Å². The van der Waals surface area contributed by atoms with E-state index in [2.05, 4.69) is 327 Å². The van der Waals surface area contributed by atoms with Crippen LogP contribution in [0.5, 0.6) is 0 Å². The van der Waals surface area contributed by atoms with Crippen LogP contribution in [-0.2, 0) is 0 Å². The highest BCUT2D eigenvalue weighted by Crippen LogP contribution is 2.53. The van der Waals surface area contributed by atoms with Crippen molar-refractivity contribution in [2.24, 2.45) is 0 Å². The van der Waals surface area contributed by atoms with Gasteiger partial charge < -0.3 is 29.4 Å². The van der Waals surface area contributed by atoms with Gasteiger partial charge in [0.05, 0.1) is 0 Å². The van der Waals surface area contributed by atoms with Gasteiger partial charge in [0.1, 0.15) is 0 Å². The van der Waals surface area contributed by atoms with Crippen molar-refractivity contribution in [3.8, 4) is 11.1 Å². The second-order valence-electron chi connectivity index (χ2n) is 27.2. The Morgan fingerprint density at radius 1 is 0.158 bits per heavy atom. The summed E-state index contributed by atoms with van der Waals surface area (Å²) in [7, 11) is 0. The van der Waals surface area contributed by atoms with Crippen molar-refractivity contribution < 1.29 is 0 Å². The summed E-state index contributed by atoms with van der Waals surface area (Å²) in [5, 5.41) is 0. The SMILES string of the molecule is c1ccc(N2c3ccccc3B3c4ccc5c6c4N(c4ccccc4B6c4ccccc4N5c4cccc(-c5ccc6c(c5)N5c7ccccc7B7c8ccccc8N8c9ccccc9B9c%10ccccc%10N%10c%11ccccc%11B6c6c%10c9c8c7c65)c4)c4cccc2c43)cc1. The minimum Gasteiger partial charge on any atom is -0.312 e. The van der Waals surface area contributed by atoms with Crippen molar-refractivity contribution in [1.82, 2.24) is 0 Å². The van der Waals surface area contributed by atoms with Gasteiger partial charge >= 0.3 is 0 Å². The summed E-state index contributed by atoms with van der Waals surface area (Å²) in [6, 6.07) is 114. The molecule has 0 spiro atoms. The lowest BCUT2D eigenvalue weighted by molar-refractivity contribution is 1.23. The van der Waals surface area contributed by atoms with Crippen molar-refractivity contribution in [1.29, 1.82) is 0 Å². The van der Waals surface area contributed by atoms with Gasteiger partial charge in [-0.3, -0.25) is 0 Å². The highest BCUT2D eigenvalue weighted by molar-refractivity contribution is 7.09. The molecule has 10 heterocycles. The fourth-order valence-corrected chi connectivity index (χ4v) is 19.9. The number of benzene rings is 14. The van der Waals surface area contributed by atoms with Crippen molar-refractivity contribution in [2.75, 3.05) is 29.4 Å². The van der Waals surface area contributed by atoms with Crippen LogP contribution in [0.15, 0.2) is 297 Å². The zero-order valence-electron chi connectivity index (χ0n) is 51.4. The second kappa shape index (κ2) is 17.7. The van der Waals surface area contributed by atoms with E-state index in [0.717, 1.165) is 11.4 Å². The Morgan fingerprint density at radius 2 is 0.453 bits per heavy atom. The van der Waals surface area contributed by atoms with E-state index in [1.807, 2.05) is 0 Å². The normalized spacial score (nSPS) is 14.9. The topological polar surface area (TPSA) is 19.4 Å². The average Bonchev–Trinajstić information content (AvgIpc) is 0.652. The molecular formula is C84H49B5N6. The predicted molar refractivity (Wildman–Crippen MR) is 403 cm³/mol. The standard InChI is InChI=1S/C84H49B5N6/c1-2-23-52(24-3-1)90-64-34-12-5-27-55(64)89-63-46-47-74-77-81(63)94(73-43-21-42-72(90)76(73)89)70-40-18-6-28-56(70)85(77)54-26-4-13-35-65(54)91(74)53-25-20-22-50(48-53)51-44-45-62-75(49-51)95-71-41-19-11-33-61(71)87-59-31-9-16-38-68(59)92-66-36-14-7-29-57(66)86-58-30-8-15-37-67(58)93-69-39-17-10-32-60(69)88(62)80-83(93)78(86)82(92)79(87)84(80)95/h1-49H. The molecule has 14 aromatic carbocycles. The van der Waals surface area contributed by atoms with Gasteiger partial charge in [0, 0.05) is 102 Å². The van der Waals surface area contributed by atoms with Gasteiger partial charge in [0.25, 0.3) is 33.6 Å². The van der Waals surface area contributed by atoms with Crippen LogP contribution in [0.3, 0.4) is 0 Å². The van der Waals surface area contributed by atoms with Gasteiger partial charge in [-0.1, -0.05) is 200 Å². The Balaban J connectivity index is 0.722. The van der Waals surface area contributed by atoms with E-state index in [4.69, 9.17) is 0 Å². The summed E-state index contributed by atoms with van der Waals surface area (Å²) in [5.74, 6) is 0. The number of para-hydroxylation sites is 9. The fourth-order valence-electron chi connectivity index (χ4n) is 19.9. The minimum absolute atomic E-state index is 0.0150. The third kappa shape index (κ3) is 5.95. The Kier molecular flexibility index (Phi) is 9.27. The van der Waals surface area contributed by atoms with Gasteiger partial charge in [0.15, 0.2) is 0 Å². The molecule has 0 saturated heterocycles. The van der Waals surface area contributed by atoms with Crippen LogP contribution in [-0.4, -0.2) is 33.6 Å². The maximum Gasteiger partial charge on any atom is 0.252 e. The molecule has 14 aromatic rings. The zero-order chi connectivity index (χ0) is 61.2. The molecule has 0 bridgehead atoms. The summed E-state index contributed by atoms with van der Waals surface area (Å²) in [5.41, 5.74) is 45.2. The first-order valence-electron chi connectivity index (χ1n) is 33.6. The zero-order valence-corrected chi connectivity index (χ0v) is 51.4. The molecule has 0 aromatic heterocycles. The molecule has 0 amide bonds. The Hall–Kier alpha value is -11.8. The summed E-state index contributed by atoms with van der Waals surface area (Å²) in [6.45, 7) is 0.0905. The number of hydrogen-bond acceptors (Lipinski definition) is 6. The quantitative estimate of drug-likeness (QED) is 0.163. The third-order valence-corrected chi connectivity index (χ3v) is 23.1.